The van der Waals surface area contributed by atoms with Crippen molar-refractivity contribution in [3.63, 3.8) is 0 Å². The number of carbonyl (C=O) groups is 1. The molecule has 0 aromatic heterocycles. The lowest BCUT2D eigenvalue weighted by molar-refractivity contribution is -0.141. The molecule has 122 valence electrons. The maximum Gasteiger partial charge on any atom is 0.256 e. The highest BCUT2D eigenvalue weighted by molar-refractivity contribution is 5.97. The van der Waals surface area contributed by atoms with E-state index in [1.807, 2.05) is 25.1 Å². The highest BCUT2D eigenvalue weighted by Crippen LogP contribution is 2.32. The minimum Gasteiger partial charge on any atom is -0.493 e. The third-order valence-corrected chi connectivity index (χ3v) is 4.36. The number of anilines is 1. The second-order valence-corrected chi connectivity index (χ2v) is 6.04. The van der Waals surface area contributed by atoms with Crippen molar-refractivity contribution in [2.45, 2.75) is 58.0 Å². The second kappa shape index (κ2) is 7.63. The van der Waals surface area contributed by atoms with E-state index in [4.69, 9.17) is 9.47 Å². The van der Waals surface area contributed by atoms with Crippen LogP contribution in [0, 0.1) is 6.92 Å². The zero-order valence-electron chi connectivity index (χ0n) is 13.9. The molecule has 1 fully saturated rings. The van der Waals surface area contributed by atoms with Crippen molar-refractivity contribution in [1.82, 2.24) is 0 Å². The van der Waals surface area contributed by atoms with Gasteiger partial charge in [0.15, 0.2) is 0 Å². The van der Waals surface area contributed by atoms with E-state index < -0.39 is 5.60 Å². The molecule has 1 aliphatic rings. The van der Waals surface area contributed by atoms with Crippen LogP contribution < -0.4 is 10.1 Å². The number of nitrogens with one attached hydrogen (secondary N) is 1. The first-order valence-electron chi connectivity index (χ1n) is 8.21. The summed E-state index contributed by atoms with van der Waals surface area (Å²) in [6.07, 6.45) is 5.85. The first kappa shape index (κ1) is 16.8. The van der Waals surface area contributed by atoms with Gasteiger partial charge in [-0.15, -0.1) is 0 Å². The molecule has 0 unspecified atom stereocenters. The van der Waals surface area contributed by atoms with Crippen molar-refractivity contribution in [3.05, 3.63) is 23.8 Å². The van der Waals surface area contributed by atoms with Crippen LogP contribution >= 0.6 is 0 Å². The molecular formula is C18H27NO3. The third-order valence-electron chi connectivity index (χ3n) is 4.36. The Morgan fingerprint density at radius 1 is 1.27 bits per heavy atom. The predicted octanol–water partition coefficient (Wildman–Crippen LogP) is 4.07. The van der Waals surface area contributed by atoms with Crippen LogP contribution in [0.5, 0.6) is 5.75 Å². The highest BCUT2D eigenvalue weighted by Gasteiger charge is 2.39. The lowest BCUT2D eigenvalue weighted by atomic mass is 9.84. The minimum atomic E-state index is -0.663. The fraction of sp³-hybridized carbons (Fsp3) is 0.611. The number of hydrogen-bond donors (Lipinski definition) is 1. The second-order valence-electron chi connectivity index (χ2n) is 6.04. The van der Waals surface area contributed by atoms with Crippen LogP contribution in [0.3, 0.4) is 0 Å². The molecule has 1 aliphatic carbocycles. The maximum absolute atomic E-state index is 12.6. The number of ether oxygens (including phenoxy) is 2. The topological polar surface area (TPSA) is 47.6 Å². The molecule has 1 N–H and O–H groups in total. The van der Waals surface area contributed by atoms with Gasteiger partial charge in [0.2, 0.25) is 0 Å². The molecule has 2 rings (SSSR count). The molecule has 1 saturated carbocycles. The van der Waals surface area contributed by atoms with Gasteiger partial charge < -0.3 is 14.8 Å². The van der Waals surface area contributed by atoms with E-state index in [0.29, 0.717) is 6.61 Å². The molecule has 0 spiro atoms. The first-order chi connectivity index (χ1) is 10.6. The normalized spacial score (nSPS) is 17.0. The molecule has 0 bridgehead atoms. The van der Waals surface area contributed by atoms with E-state index in [2.05, 4.69) is 12.2 Å². The Kier molecular flexibility index (Phi) is 5.83. The zero-order valence-corrected chi connectivity index (χ0v) is 13.9. The molecule has 1 aromatic carbocycles. The van der Waals surface area contributed by atoms with Gasteiger partial charge in [0.1, 0.15) is 11.4 Å². The number of rotatable bonds is 6. The number of benzene rings is 1. The van der Waals surface area contributed by atoms with Gasteiger partial charge in [0, 0.05) is 12.8 Å². The largest absolute Gasteiger partial charge is 0.493 e. The molecule has 0 radical (unpaired) electrons. The number of carbonyl (C=O) groups excluding carboxylic acids is 1. The molecule has 22 heavy (non-hydrogen) atoms. The summed E-state index contributed by atoms with van der Waals surface area (Å²) in [7, 11) is 1.64. The van der Waals surface area contributed by atoms with Crippen LogP contribution in [0.4, 0.5) is 5.69 Å². The fourth-order valence-corrected chi connectivity index (χ4v) is 2.99. The van der Waals surface area contributed by atoms with Gasteiger partial charge in [0.05, 0.1) is 6.61 Å². The van der Waals surface area contributed by atoms with E-state index >= 15 is 0 Å². The van der Waals surface area contributed by atoms with E-state index in [1.165, 1.54) is 6.42 Å². The van der Waals surface area contributed by atoms with Crippen molar-refractivity contribution < 1.29 is 14.3 Å². The lowest BCUT2D eigenvalue weighted by Gasteiger charge is -2.34. The molecule has 0 atom stereocenters. The number of aryl methyl sites for hydroxylation is 1. The van der Waals surface area contributed by atoms with Crippen LogP contribution in [0.1, 0.15) is 51.0 Å². The Balaban J connectivity index is 2.06. The highest BCUT2D eigenvalue weighted by atomic mass is 16.5. The van der Waals surface area contributed by atoms with Crippen molar-refractivity contribution in [3.8, 4) is 5.75 Å². The van der Waals surface area contributed by atoms with Crippen LogP contribution in [-0.2, 0) is 9.53 Å². The molecule has 0 heterocycles. The summed E-state index contributed by atoms with van der Waals surface area (Å²) in [6.45, 7) is 4.78. The van der Waals surface area contributed by atoms with Crippen LogP contribution in [0.15, 0.2) is 18.2 Å². The predicted molar refractivity (Wildman–Crippen MR) is 88.4 cm³/mol. The SMILES string of the molecule is CCCOc1ccc(NC(=O)C2(OC)CCCCC2)cc1C. The summed E-state index contributed by atoms with van der Waals surface area (Å²) in [4.78, 5) is 12.6. The van der Waals surface area contributed by atoms with Gasteiger partial charge in [-0.05, 0) is 49.9 Å². The standard InChI is InChI=1S/C18H27NO3/c1-4-12-22-16-9-8-15(13-14(16)2)19-17(20)18(21-3)10-6-5-7-11-18/h8-9,13H,4-7,10-12H2,1-3H3,(H,19,20). The van der Waals surface area contributed by atoms with Crippen molar-refractivity contribution in [1.29, 1.82) is 0 Å². The Morgan fingerprint density at radius 2 is 2.00 bits per heavy atom. The minimum absolute atomic E-state index is 0.0312. The maximum atomic E-state index is 12.6. The van der Waals surface area contributed by atoms with Gasteiger partial charge in [-0.25, -0.2) is 0 Å². The van der Waals surface area contributed by atoms with Gasteiger partial charge in [-0.3, -0.25) is 4.79 Å². The van der Waals surface area contributed by atoms with Crippen LogP contribution in [0.2, 0.25) is 0 Å². The zero-order chi connectivity index (χ0) is 16.0. The average Bonchev–Trinajstić information content (AvgIpc) is 2.54. The van der Waals surface area contributed by atoms with E-state index in [0.717, 1.165) is 49.1 Å². The molecule has 0 saturated heterocycles. The summed E-state index contributed by atoms with van der Waals surface area (Å²) >= 11 is 0. The summed E-state index contributed by atoms with van der Waals surface area (Å²) in [6, 6.07) is 5.76. The van der Waals surface area contributed by atoms with E-state index in [-0.39, 0.29) is 5.91 Å². The number of hydrogen-bond acceptors (Lipinski definition) is 3. The van der Waals surface area contributed by atoms with Crippen molar-refractivity contribution in [2.24, 2.45) is 0 Å². The Bertz CT molecular complexity index is 507. The average molecular weight is 305 g/mol. The van der Waals surface area contributed by atoms with Crippen LogP contribution in [0.25, 0.3) is 0 Å². The molecule has 1 aromatic rings. The van der Waals surface area contributed by atoms with Gasteiger partial charge in [-0.1, -0.05) is 26.2 Å². The monoisotopic (exact) mass is 305 g/mol. The Labute approximate surface area is 133 Å². The van der Waals surface area contributed by atoms with E-state index in [1.54, 1.807) is 7.11 Å². The molecule has 4 nitrogen and oxygen atoms in total. The molecule has 0 aliphatic heterocycles. The summed E-state index contributed by atoms with van der Waals surface area (Å²) in [5.41, 5.74) is 1.17. The van der Waals surface area contributed by atoms with Crippen molar-refractivity contribution >= 4 is 11.6 Å². The third kappa shape index (κ3) is 3.80. The summed E-state index contributed by atoms with van der Waals surface area (Å²) in [5.74, 6) is 0.843. The molecular weight excluding hydrogens is 278 g/mol. The summed E-state index contributed by atoms with van der Waals surface area (Å²) < 4.78 is 11.2. The van der Waals surface area contributed by atoms with Crippen molar-refractivity contribution in [2.75, 3.05) is 19.0 Å². The number of amides is 1. The molecule has 1 amide bonds. The first-order valence-corrected chi connectivity index (χ1v) is 8.21. The van der Waals surface area contributed by atoms with Crippen LogP contribution in [-0.4, -0.2) is 25.2 Å². The number of methoxy groups -OCH3 is 1. The van der Waals surface area contributed by atoms with Gasteiger partial charge >= 0.3 is 0 Å². The van der Waals surface area contributed by atoms with Gasteiger partial charge in [-0.2, -0.15) is 0 Å². The smallest absolute Gasteiger partial charge is 0.256 e. The summed E-state index contributed by atoms with van der Waals surface area (Å²) in [5, 5.41) is 3.01. The van der Waals surface area contributed by atoms with E-state index in [9.17, 15) is 4.79 Å². The Morgan fingerprint density at radius 3 is 2.59 bits per heavy atom. The quantitative estimate of drug-likeness (QED) is 0.861. The fourth-order valence-electron chi connectivity index (χ4n) is 2.99. The lowest BCUT2D eigenvalue weighted by Crippen LogP contribution is -2.46. The Hall–Kier alpha value is -1.55. The van der Waals surface area contributed by atoms with Gasteiger partial charge in [0.25, 0.3) is 5.91 Å². The molecule has 4 heteroatoms.